The van der Waals surface area contributed by atoms with Gasteiger partial charge in [-0.15, -0.1) is 0 Å². The van der Waals surface area contributed by atoms with Crippen LogP contribution in [0.1, 0.15) is 35.4 Å². The number of carboxylic acids is 1. The number of carbonyl (C=O) groups excluding carboxylic acids is 1. The molecule has 1 aliphatic heterocycles. The zero-order valence-corrected chi connectivity index (χ0v) is 13.7. The normalized spacial score (nSPS) is 20.0. The maximum absolute atomic E-state index is 12.6. The third kappa shape index (κ3) is 3.07. The number of hydrogen-bond donors (Lipinski definition) is 2. The first-order valence-corrected chi connectivity index (χ1v) is 8.12. The number of benzene rings is 2. The van der Waals surface area contributed by atoms with Gasteiger partial charge in [0, 0.05) is 11.3 Å². The number of nitrogens with one attached hydrogen (secondary N) is 1. The van der Waals surface area contributed by atoms with E-state index < -0.39 is 5.97 Å². The number of hydrogen-bond acceptors (Lipinski definition) is 3. The maximum atomic E-state index is 12.6. The van der Waals surface area contributed by atoms with Crippen molar-refractivity contribution in [1.29, 1.82) is 0 Å². The van der Waals surface area contributed by atoms with Crippen molar-refractivity contribution in [2.24, 2.45) is 0 Å². The van der Waals surface area contributed by atoms with Gasteiger partial charge in [-0.1, -0.05) is 24.3 Å². The van der Waals surface area contributed by atoms with Crippen LogP contribution in [0.2, 0.25) is 0 Å². The summed E-state index contributed by atoms with van der Waals surface area (Å²) in [7, 11) is 1.59. The van der Waals surface area contributed by atoms with E-state index in [1.54, 1.807) is 7.11 Å². The monoisotopic (exact) mass is 359 g/mol. The third-order valence-corrected chi connectivity index (χ3v) is 4.87. The summed E-state index contributed by atoms with van der Waals surface area (Å²) < 4.78 is 5.29. The molecule has 26 heavy (non-hydrogen) atoms. The van der Waals surface area contributed by atoms with E-state index in [2.05, 4.69) is 5.32 Å². The molecule has 0 fully saturated rings. The van der Waals surface area contributed by atoms with E-state index in [-0.39, 0.29) is 47.8 Å². The fourth-order valence-corrected chi connectivity index (χ4v) is 3.79. The summed E-state index contributed by atoms with van der Waals surface area (Å²) in [6, 6.07) is 13.2. The van der Waals surface area contributed by atoms with Crippen LogP contribution in [0, 0.1) is 0 Å². The molecule has 5 nitrogen and oxygen atoms in total. The molecule has 1 amide bonds. The topological polar surface area (TPSA) is 75.6 Å². The second kappa shape index (κ2) is 7.27. The van der Waals surface area contributed by atoms with E-state index in [4.69, 9.17) is 4.74 Å². The molecule has 1 heterocycles. The third-order valence-electron chi connectivity index (χ3n) is 4.87. The Bertz CT molecular complexity index is 935. The van der Waals surface area contributed by atoms with E-state index in [1.165, 1.54) is 0 Å². The molecule has 0 saturated carbocycles. The van der Waals surface area contributed by atoms with Crippen molar-refractivity contribution in [2.45, 2.75) is 18.8 Å². The fraction of sp³-hybridized carbons (Fsp3) is 0.200. The first kappa shape index (κ1) is 18.7. The molecule has 128 valence electrons. The predicted octanol–water partition coefficient (Wildman–Crippen LogP) is 2.87. The number of aliphatic carboxylic acids is 1. The Hall–Kier alpha value is -2.08. The van der Waals surface area contributed by atoms with Crippen molar-refractivity contribution in [3.05, 3.63) is 59.2 Å². The van der Waals surface area contributed by atoms with Crippen LogP contribution in [0.15, 0.2) is 42.5 Å². The Kier molecular flexibility index (Phi) is 5.23. The van der Waals surface area contributed by atoms with Gasteiger partial charge in [0.05, 0.1) is 19.1 Å². The minimum atomic E-state index is -0.846. The summed E-state index contributed by atoms with van der Waals surface area (Å²) in [5.74, 6) is -0.447. The molecule has 0 aromatic heterocycles. The van der Waals surface area contributed by atoms with E-state index in [0.717, 1.165) is 28.0 Å². The average Bonchev–Trinajstić information content (AvgIpc) is 3.10. The first-order chi connectivity index (χ1) is 12.1. The Morgan fingerprint density at radius 2 is 2.00 bits per heavy atom. The number of fused-ring (bicyclic) bond motifs is 2. The van der Waals surface area contributed by atoms with Crippen LogP contribution in [0.5, 0.6) is 5.75 Å². The van der Waals surface area contributed by atoms with Crippen LogP contribution in [0.25, 0.3) is 11.1 Å². The van der Waals surface area contributed by atoms with Crippen molar-refractivity contribution >= 4 is 58.3 Å². The predicted molar refractivity (Wildman–Crippen MR) is 102 cm³/mol. The quantitative estimate of drug-likeness (QED) is 0.653. The summed E-state index contributed by atoms with van der Waals surface area (Å²) in [4.78, 5) is 23.9. The molecular formula is C20H18NNaO4. The van der Waals surface area contributed by atoms with Gasteiger partial charge in [0.25, 0.3) is 5.91 Å². The number of para-hydroxylation sites is 1. The van der Waals surface area contributed by atoms with Gasteiger partial charge in [-0.25, -0.2) is 0 Å². The van der Waals surface area contributed by atoms with Crippen LogP contribution in [0.4, 0.5) is 5.69 Å². The van der Waals surface area contributed by atoms with Gasteiger partial charge in [0.15, 0.2) is 0 Å². The van der Waals surface area contributed by atoms with Gasteiger partial charge < -0.3 is 15.2 Å². The van der Waals surface area contributed by atoms with Crippen molar-refractivity contribution in [3.8, 4) is 5.75 Å². The second-order valence-corrected chi connectivity index (χ2v) is 6.31. The van der Waals surface area contributed by atoms with Gasteiger partial charge in [-0.3, -0.25) is 9.59 Å². The Labute approximate surface area is 173 Å². The van der Waals surface area contributed by atoms with Crippen molar-refractivity contribution in [2.75, 3.05) is 12.4 Å². The van der Waals surface area contributed by atoms with E-state index in [1.807, 2.05) is 42.5 Å². The summed E-state index contributed by atoms with van der Waals surface area (Å²) in [6.45, 7) is 0. The second-order valence-electron chi connectivity index (χ2n) is 6.31. The van der Waals surface area contributed by atoms with Crippen LogP contribution in [-0.2, 0) is 9.59 Å². The van der Waals surface area contributed by atoms with Crippen LogP contribution in [0.3, 0.4) is 0 Å². The van der Waals surface area contributed by atoms with Crippen molar-refractivity contribution < 1.29 is 19.4 Å². The molecule has 2 aromatic carbocycles. The fourth-order valence-electron chi connectivity index (χ4n) is 3.79. The number of amides is 1. The van der Waals surface area contributed by atoms with Crippen LogP contribution < -0.4 is 10.1 Å². The summed E-state index contributed by atoms with van der Waals surface area (Å²) >= 11 is 0. The summed E-state index contributed by atoms with van der Waals surface area (Å²) in [6.07, 6.45) is 0.562. The number of methoxy groups -OCH3 is 1. The molecule has 2 N–H and O–H groups in total. The molecule has 4 rings (SSSR count). The van der Waals surface area contributed by atoms with E-state index >= 15 is 0 Å². The van der Waals surface area contributed by atoms with Gasteiger partial charge >= 0.3 is 35.5 Å². The SMILES string of the molecule is COc1ccc2c(c1)C(CC(=O)O)C/C2=C1/C(=O)Nc2ccccc21.[NaH]. The van der Waals surface area contributed by atoms with Crippen LogP contribution in [-0.4, -0.2) is 53.7 Å². The van der Waals surface area contributed by atoms with E-state index in [0.29, 0.717) is 17.7 Å². The molecule has 2 aromatic rings. The molecule has 0 spiro atoms. The number of rotatable bonds is 3. The summed E-state index contributed by atoms with van der Waals surface area (Å²) in [5.41, 5.74) is 5.10. The minimum absolute atomic E-state index is 0. The summed E-state index contributed by atoms with van der Waals surface area (Å²) in [5, 5.41) is 12.2. The van der Waals surface area contributed by atoms with Gasteiger partial charge in [0.2, 0.25) is 0 Å². The molecule has 0 bridgehead atoms. The number of carboxylic acid groups (broad SMARTS) is 1. The van der Waals surface area contributed by atoms with Gasteiger partial charge in [-0.05, 0) is 47.2 Å². The standard InChI is InChI=1S/C20H17NO4.Na.H/c1-25-12-6-7-13-15(10-12)11(9-18(22)23)8-16(13)19-14-4-2-3-5-17(14)21-20(19)24;;/h2-7,10-11H,8-9H2,1H3,(H,21,24)(H,22,23);;/b19-16-;;. The van der Waals surface area contributed by atoms with Gasteiger partial charge in [-0.2, -0.15) is 0 Å². The zero-order valence-electron chi connectivity index (χ0n) is 13.7. The number of carbonyl (C=O) groups is 2. The molecule has 0 radical (unpaired) electrons. The molecule has 1 aliphatic carbocycles. The molecule has 1 atom stereocenters. The number of allylic oxidation sites excluding steroid dienone is 1. The Morgan fingerprint density at radius 3 is 2.73 bits per heavy atom. The Morgan fingerprint density at radius 1 is 1.23 bits per heavy atom. The average molecular weight is 359 g/mol. The molecule has 6 heteroatoms. The number of anilines is 1. The molecule has 0 saturated heterocycles. The molecule has 2 aliphatic rings. The van der Waals surface area contributed by atoms with Crippen molar-refractivity contribution in [3.63, 3.8) is 0 Å². The molecule has 1 unspecified atom stereocenters. The first-order valence-electron chi connectivity index (χ1n) is 8.12. The Balaban J connectivity index is 0.00000196. The molecular weight excluding hydrogens is 341 g/mol. The van der Waals surface area contributed by atoms with Crippen LogP contribution >= 0.6 is 0 Å². The zero-order chi connectivity index (χ0) is 17.6. The van der Waals surface area contributed by atoms with E-state index in [9.17, 15) is 14.7 Å². The number of ether oxygens (including phenoxy) is 1. The van der Waals surface area contributed by atoms with Crippen molar-refractivity contribution in [1.82, 2.24) is 0 Å². The van der Waals surface area contributed by atoms with Gasteiger partial charge in [0.1, 0.15) is 5.75 Å².